The van der Waals surface area contributed by atoms with E-state index in [1.54, 1.807) is 6.20 Å². The monoisotopic (exact) mass is 173 g/mol. The Hall–Kier alpha value is -1.57. The average molecular weight is 173 g/mol. The van der Waals surface area contributed by atoms with Crippen LogP contribution in [-0.2, 0) is 6.42 Å². The minimum Gasteiger partial charge on any atom is -0.444 e. The summed E-state index contributed by atoms with van der Waals surface area (Å²) in [7, 11) is 0. The summed E-state index contributed by atoms with van der Waals surface area (Å²) in [4.78, 5) is 3.89. The molecule has 2 rings (SSSR count). The normalized spacial score (nSPS) is 10.2. The van der Waals surface area contributed by atoms with Gasteiger partial charge in [0.2, 0.25) is 0 Å². The summed E-state index contributed by atoms with van der Waals surface area (Å²) in [6.45, 7) is 2.14. The van der Waals surface area contributed by atoms with Gasteiger partial charge in [0.25, 0.3) is 0 Å². The Morgan fingerprint density at radius 3 is 3.00 bits per heavy atom. The highest BCUT2D eigenvalue weighted by Crippen LogP contribution is 2.19. The highest BCUT2D eigenvalue weighted by molar-refractivity contribution is 5.57. The highest BCUT2D eigenvalue weighted by Gasteiger charge is 2.00. The Kier molecular flexibility index (Phi) is 2.13. The van der Waals surface area contributed by atoms with E-state index in [0.29, 0.717) is 0 Å². The highest BCUT2D eigenvalue weighted by atomic mass is 16.3. The van der Waals surface area contributed by atoms with Crippen molar-refractivity contribution >= 4 is 0 Å². The maximum absolute atomic E-state index is 5.21. The van der Waals surface area contributed by atoms with Gasteiger partial charge in [0, 0.05) is 5.56 Å². The average Bonchev–Trinajstić information content (AvgIpc) is 2.71. The lowest BCUT2D eigenvalue weighted by atomic mass is 10.1. The van der Waals surface area contributed by atoms with E-state index >= 15 is 0 Å². The molecule has 1 aromatic heterocycles. The van der Waals surface area contributed by atoms with Crippen molar-refractivity contribution in [1.29, 1.82) is 0 Å². The number of nitrogens with zero attached hydrogens (tertiary/aromatic N) is 1. The van der Waals surface area contributed by atoms with Crippen molar-refractivity contribution in [1.82, 2.24) is 4.98 Å². The molecule has 1 heterocycles. The molecule has 0 bridgehead atoms. The molecule has 0 N–H and O–H groups in total. The molecule has 0 unspecified atom stereocenters. The molecule has 0 aliphatic rings. The molecular weight excluding hydrogens is 162 g/mol. The van der Waals surface area contributed by atoms with E-state index in [0.717, 1.165) is 17.7 Å². The Morgan fingerprint density at radius 2 is 2.31 bits per heavy atom. The fourth-order valence-electron chi connectivity index (χ4n) is 1.30. The molecular formula is C11H11NO. The number of oxazole rings is 1. The molecule has 0 aliphatic heterocycles. The van der Waals surface area contributed by atoms with Crippen LogP contribution in [0.1, 0.15) is 12.5 Å². The summed E-state index contributed by atoms with van der Waals surface area (Å²) in [5.74, 6) is 0.829. The first-order valence-electron chi connectivity index (χ1n) is 4.38. The maximum atomic E-state index is 5.21. The standard InChI is InChI=1S/C11H11NO/c1-2-9-4-3-5-10(6-9)11-7-12-8-13-11/h3-8H,2H2,1H3. The molecule has 0 radical (unpaired) electrons. The van der Waals surface area contributed by atoms with Gasteiger partial charge in [0.05, 0.1) is 6.20 Å². The van der Waals surface area contributed by atoms with Crippen molar-refractivity contribution in [2.24, 2.45) is 0 Å². The molecule has 0 aliphatic carbocycles. The minimum atomic E-state index is 0.829. The Morgan fingerprint density at radius 1 is 1.38 bits per heavy atom. The van der Waals surface area contributed by atoms with Crippen LogP contribution in [0.3, 0.4) is 0 Å². The van der Waals surface area contributed by atoms with E-state index in [4.69, 9.17) is 4.42 Å². The van der Waals surface area contributed by atoms with E-state index in [9.17, 15) is 0 Å². The predicted molar refractivity (Wildman–Crippen MR) is 51.3 cm³/mol. The third-order valence-corrected chi connectivity index (χ3v) is 2.05. The van der Waals surface area contributed by atoms with E-state index < -0.39 is 0 Å². The molecule has 0 atom stereocenters. The maximum Gasteiger partial charge on any atom is 0.181 e. The summed E-state index contributed by atoms with van der Waals surface area (Å²) < 4.78 is 5.21. The van der Waals surface area contributed by atoms with Crippen molar-refractivity contribution in [2.45, 2.75) is 13.3 Å². The lowest BCUT2D eigenvalue weighted by molar-refractivity contribution is 0.572. The van der Waals surface area contributed by atoms with Crippen LogP contribution >= 0.6 is 0 Å². The van der Waals surface area contributed by atoms with Crippen LogP contribution in [0, 0.1) is 0 Å². The third-order valence-electron chi connectivity index (χ3n) is 2.05. The lowest BCUT2D eigenvalue weighted by Crippen LogP contribution is -1.80. The zero-order valence-electron chi connectivity index (χ0n) is 7.53. The first-order valence-corrected chi connectivity index (χ1v) is 4.38. The molecule has 0 fully saturated rings. The van der Waals surface area contributed by atoms with E-state index in [1.807, 2.05) is 12.1 Å². The summed E-state index contributed by atoms with van der Waals surface area (Å²) in [5, 5.41) is 0. The molecule has 13 heavy (non-hydrogen) atoms. The van der Waals surface area contributed by atoms with Crippen molar-refractivity contribution in [3.63, 3.8) is 0 Å². The van der Waals surface area contributed by atoms with Crippen LogP contribution in [0.5, 0.6) is 0 Å². The van der Waals surface area contributed by atoms with Gasteiger partial charge in [0.1, 0.15) is 0 Å². The Bertz CT molecular complexity index is 379. The third kappa shape index (κ3) is 1.61. The summed E-state index contributed by atoms with van der Waals surface area (Å²) in [5.41, 5.74) is 2.41. The summed E-state index contributed by atoms with van der Waals surface area (Å²) >= 11 is 0. The molecule has 0 spiro atoms. The van der Waals surface area contributed by atoms with Crippen LogP contribution < -0.4 is 0 Å². The van der Waals surface area contributed by atoms with E-state index in [1.165, 1.54) is 12.0 Å². The van der Waals surface area contributed by atoms with Gasteiger partial charge in [-0.15, -0.1) is 0 Å². The first kappa shape index (κ1) is 8.05. The van der Waals surface area contributed by atoms with Gasteiger partial charge < -0.3 is 4.42 Å². The fraction of sp³-hybridized carbons (Fsp3) is 0.182. The SMILES string of the molecule is CCc1cccc(-c2cnco2)c1. The largest absolute Gasteiger partial charge is 0.444 e. The van der Waals surface area contributed by atoms with Gasteiger partial charge in [-0.05, 0) is 18.1 Å². The topological polar surface area (TPSA) is 26.0 Å². The molecule has 0 saturated carbocycles. The first-order chi connectivity index (χ1) is 6.40. The number of benzene rings is 1. The van der Waals surface area contributed by atoms with Gasteiger partial charge in [-0.2, -0.15) is 0 Å². The van der Waals surface area contributed by atoms with E-state index in [2.05, 4.69) is 24.0 Å². The molecule has 0 amide bonds. The predicted octanol–water partition coefficient (Wildman–Crippen LogP) is 2.90. The van der Waals surface area contributed by atoms with Gasteiger partial charge >= 0.3 is 0 Å². The van der Waals surface area contributed by atoms with Gasteiger partial charge in [-0.1, -0.05) is 25.1 Å². The molecule has 2 heteroatoms. The summed E-state index contributed by atoms with van der Waals surface area (Å²) in [6, 6.07) is 8.30. The number of rotatable bonds is 2. The van der Waals surface area contributed by atoms with Crippen LogP contribution in [0.15, 0.2) is 41.3 Å². The van der Waals surface area contributed by atoms with Crippen molar-refractivity contribution in [2.75, 3.05) is 0 Å². The lowest BCUT2D eigenvalue weighted by Gasteiger charge is -1.98. The summed E-state index contributed by atoms with van der Waals surface area (Å²) in [6.07, 6.45) is 4.23. The van der Waals surface area contributed by atoms with Crippen LogP contribution in [0.25, 0.3) is 11.3 Å². The molecule has 0 saturated heterocycles. The van der Waals surface area contributed by atoms with Crippen molar-refractivity contribution in [3.8, 4) is 11.3 Å². The number of hydrogen-bond acceptors (Lipinski definition) is 2. The minimum absolute atomic E-state index is 0.829. The number of aryl methyl sites for hydroxylation is 1. The van der Waals surface area contributed by atoms with Gasteiger partial charge in [-0.3, -0.25) is 0 Å². The Balaban J connectivity index is 2.41. The van der Waals surface area contributed by atoms with E-state index in [-0.39, 0.29) is 0 Å². The van der Waals surface area contributed by atoms with Crippen LogP contribution in [-0.4, -0.2) is 4.98 Å². The molecule has 66 valence electrons. The zero-order valence-corrected chi connectivity index (χ0v) is 7.53. The second kappa shape index (κ2) is 3.44. The second-order valence-electron chi connectivity index (χ2n) is 2.92. The molecule has 1 aromatic carbocycles. The van der Waals surface area contributed by atoms with Gasteiger partial charge in [-0.25, -0.2) is 4.98 Å². The number of hydrogen-bond donors (Lipinski definition) is 0. The van der Waals surface area contributed by atoms with Crippen molar-refractivity contribution in [3.05, 3.63) is 42.4 Å². The van der Waals surface area contributed by atoms with Crippen molar-refractivity contribution < 1.29 is 4.42 Å². The Labute approximate surface area is 77.2 Å². The quantitative estimate of drug-likeness (QED) is 0.697. The molecule has 2 nitrogen and oxygen atoms in total. The molecule has 2 aromatic rings. The van der Waals surface area contributed by atoms with Crippen LogP contribution in [0.4, 0.5) is 0 Å². The van der Waals surface area contributed by atoms with Crippen LogP contribution in [0.2, 0.25) is 0 Å². The smallest absolute Gasteiger partial charge is 0.181 e. The number of aromatic nitrogens is 1. The van der Waals surface area contributed by atoms with Gasteiger partial charge in [0.15, 0.2) is 12.2 Å². The zero-order chi connectivity index (χ0) is 9.10. The second-order valence-corrected chi connectivity index (χ2v) is 2.92. The fourth-order valence-corrected chi connectivity index (χ4v) is 1.30.